The van der Waals surface area contributed by atoms with E-state index in [1.54, 1.807) is 0 Å². The van der Waals surface area contributed by atoms with Crippen molar-refractivity contribution in [3.63, 3.8) is 0 Å². The van der Waals surface area contributed by atoms with Crippen molar-refractivity contribution >= 4 is 5.97 Å². The molecule has 1 unspecified atom stereocenters. The molecule has 0 aromatic carbocycles. The molecular formula is C10H17NO2. The van der Waals surface area contributed by atoms with Gasteiger partial charge < -0.3 is 10.4 Å². The summed E-state index contributed by atoms with van der Waals surface area (Å²) < 4.78 is 0. The third-order valence-corrected chi connectivity index (χ3v) is 3.41. The number of hydrogen-bond acceptors (Lipinski definition) is 2. The van der Waals surface area contributed by atoms with E-state index in [2.05, 4.69) is 5.32 Å². The maximum Gasteiger partial charge on any atom is 0.320 e. The van der Waals surface area contributed by atoms with E-state index in [0.717, 1.165) is 6.42 Å². The Hall–Kier alpha value is -0.570. The first-order valence-corrected chi connectivity index (χ1v) is 5.26. The molecule has 2 N–H and O–H groups in total. The lowest BCUT2D eigenvalue weighted by Gasteiger charge is -2.14. The second kappa shape index (κ2) is 3.66. The molecule has 0 aromatic heterocycles. The fourth-order valence-electron chi connectivity index (χ4n) is 2.69. The van der Waals surface area contributed by atoms with Crippen LogP contribution in [0.15, 0.2) is 0 Å². The number of carboxylic acids is 1. The standard InChI is InChI=1S/C10H17NO2/c12-10(13)9-6-7-4-2-1-3-5-8(7)11-9/h7-9,11H,1-6H2,(H,12,13)/t7-,8+,9?/m0/s1. The van der Waals surface area contributed by atoms with Crippen molar-refractivity contribution in [1.29, 1.82) is 0 Å². The number of fused-ring (bicyclic) bond motifs is 1. The van der Waals surface area contributed by atoms with Crippen LogP contribution >= 0.6 is 0 Å². The first-order valence-electron chi connectivity index (χ1n) is 5.26. The summed E-state index contributed by atoms with van der Waals surface area (Å²) in [6.45, 7) is 0. The molecule has 0 aromatic rings. The van der Waals surface area contributed by atoms with Crippen molar-refractivity contribution < 1.29 is 9.90 Å². The van der Waals surface area contributed by atoms with Crippen LogP contribution in [0.3, 0.4) is 0 Å². The van der Waals surface area contributed by atoms with Gasteiger partial charge in [-0.05, 0) is 25.2 Å². The number of nitrogens with one attached hydrogen (secondary N) is 1. The van der Waals surface area contributed by atoms with Crippen LogP contribution < -0.4 is 5.32 Å². The van der Waals surface area contributed by atoms with Crippen LogP contribution in [0.1, 0.15) is 38.5 Å². The lowest BCUT2D eigenvalue weighted by Crippen LogP contribution is -2.35. The Morgan fingerprint density at radius 1 is 1.23 bits per heavy atom. The maximum absolute atomic E-state index is 10.8. The normalized spacial score (nSPS) is 39.5. The van der Waals surface area contributed by atoms with E-state index >= 15 is 0 Å². The number of aliphatic carboxylic acids is 1. The van der Waals surface area contributed by atoms with E-state index in [1.807, 2.05) is 0 Å². The third-order valence-electron chi connectivity index (χ3n) is 3.41. The molecule has 0 spiro atoms. The van der Waals surface area contributed by atoms with Crippen molar-refractivity contribution in [3.8, 4) is 0 Å². The maximum atomic E-state index is 10.8. The van der Waals surface area contributed by atoms with Crippen molar-refractivity contribution in [1.82, 2.24) is 5.32 Å². The largest absolute Gasteiger partial charge is 0.480 e. The van der Waals surface area contributed by atoms with Crippen LogP contribution in [-0.2, 0) is 4.79 Å². The van der Waals surface area contributed by atoms with Gasteiger partial charge in [0, 0.05) is 6.04 Å². The summed E-state index contributed by atoms with van der Waals surface area (Å²) in [6, 6.07) is 0.219. The fourth-order valence-corrected chi connectivity index (χ4v) is 2.69. The highest BCUT2D eigenvalue weighted by Crippen LogP contribution is 2.32. The van der Waals surface area contributed by atoms with Crippen molar-refractivity contribution in [2.24, 2.45) is 5.92 Å². The Kier molecular flexibility index (Phi) is 2.54. The number of hydrogen-bond donors (Lipinski definition) is 2. The molecule has 1 heterocycles. The molecule has 2 fully saturated rings. The SMILES string of the molecule is O=C(O)C1C[C@@H]2CCCCC[C@H]2N1. The molecule has 1 aliphatic heterocycles. The van der Waals surface area contributed by atoms with Crippen LogP contribution in [-0.4, -0.2) is 23.2 Å². The summed E-state index contributed by atoms with van der Waals surface area (Å²) in [6.07, 6.45) is 7.12. The van der Waals surface area contributed by atoms with Gasteiger partial charge in [-0.3, -0.25) is 4.79 Å². The highest BCUT2D eigenvalue weighted by atomic mass is 16.4. The quantitative estimate of drug-likeness (QED) is 0.645. The van der Waals surface area contributed by atoms with Crippen LogP contribution in [0.5, 0.6) is 0 Å². The van der Waals surface area contributed by atoms with Crippen LogP contribution in [0.4, 0.5) is 0 Å². The molecule has 3 nitrogen and oxygen atoms in total. The third kappa shape index (κ3) is 1.85. The van der Waals surface area contributed by atoms with Gasteiger partial charge in [0.05, 0.1) is 0 Å². The second-order valence-electron chi connectivity index (χ2n) is 4.30. The summed E-state index contributed by atoms with van der Waals surface area (Å²) in [7, 11) is 0. The summed E-state index contributed by atoms with van der Waals surface area (Å²) in [5.74, 6) is -0.0447. The second-order valence-corrected chi connectivity index (χ2v) is 4.30. The average molecular weight is 183 g/mol. The van der Waals surface area contributed by atoms with E-state index in [0.29, 0.717) is 12.0 Å². The molecule has 3 heteroatoms. The summed E-state index contributed by atoms with van der Waals surface area (Å²) in [5, 5.41) is 12.1. The average Bonchev–Trinajstić information content (AvgIpc) is 2.38. The van der Waals surface area contributed by atoms with E-state index < -0.39 is 5.97 Å². The van der Waals surface area contributed by atoms with Gasteiger partial charge in [-0.25, -0.2) is 0 Å². The molecule has 0 amide bonds. The fraction of sp³-hybridized carbons (Fsp3) is 0.900. The molecule has 3 atom stereocenters. The van der Waals surface area contributed by atoms with Gasteiger partial charge in [0.2, 0.25) is 0 Å². The highest BCUT2D eigenvalue weighted by molar-refractivity contribution is 5.74. The zero-order chi connectivity index (χ0) is 9.26. The Bertz CT molecular complexity index is 191. The smallest absolute Gasteiger partial charge is 0.320 e. The van der Waals surface area contributed by atoms with Gasteiger partial charge in [0.25, 0.3) is 0 Å². The molecule has 2 aliphatic rings. The van der Waals surface area contributed by atoms with Crippen molar-refractivity contribution in [2.45, 2.75) is 50.6 Å². The lowest BCUT2D eigenvalue weighted by molar-refractivity contribution is -0.139. The number of rotatable bonds is 1. The zero-order valence-electron chi connectivity index (χ0n) is 7.83. The predicted molar refractivity (Wildman–Crippen MR) is 49.5 cm³/mol. The van der Waals surface area contributed by atoms with Gasteiger partial charge in [-0.2, -0.15) is 0 Å². The Balaban J connectivity index is 1.97. The van der Waals surface area contributed by atoms with E-state index in [-0.39, 0.29) is 6.04 Å². The van der Waals surface area contributed by atoms with E-state index in [4.69, 9.17) is 5.11 Å². The van der Waals surface area contributed by atoms with Gasteiger partial charge in [0.15, 0.2) is 0 Å². The molecule has 2 rings (SSSR count). The molecule has 0 bridgehead atoms. The number of carbonyl (C=O) groups is 1. The van der Waals surface area contributed by atoms with Crippen LogP contribution in [0.2, 0.25) is 0 Å². The van der Waals surface area contributed by atoms with Crippen molar-refractivity contribution in [3.05, 3.63) is 0 Å². The van der Waals surface area contributed by atoms with Gasteiger partial charge in [-0.1, -0.05) is 19.3 Å². The monoisotopic (exact) mass is 183 g/mol. The molecule has 1 saturated heterocycles. The van der Waals surface area contributed by atoms with Gasteiger partial charge in [0.1, 0.15) is 6.04 Å². The van der Waals surface area contributed by atoms with E-state index in [9.17, 15) is 4.79 Å². The summed E-state index contributed by atoms with van der Waals surface area (Å²) in [4.78, 5) is 10.8. The summed E-state index contributed by atoms with van der Waals surface area (Å²) in [5.41, 5.74) is 0. The molecule has 74 valence electrons. The van der Waals surface area contributed by atoms with Crippen LogP contribution in [0, 0.1) is 5.92 Å². The highest BCUT2D eigenvalue weighted by Gasteiger charge is 2.37. The number of carboxylic acid groups (broad SMARTS) is 1. The van der Waals surface area contributed by atoms with Crippen LogP contribution in [0.25, 0.3) is 0 Å². The minimum Gasteiger partial charge on any atom is -0.480 e. The molecule has 1 saturated carbocycles. The predicted octanol–water partition coefficient (Wildman–Crippen LogP) is 1.38. The molecule has 13 heavy (non-hydrogen) atoms. The van der Waals surface area contributed by atoms with Crippen molar-refractivity contribution in [2.75, 3.05) is 0 Å². The van der Waals surface area contributed by atoms with E-state index in [1.165, 1.54) is 32.1 Å². The molecular weight excluding hydrogens is 166 g/mol. The Morgan fingerprint density at radius 2 is 2.00 bits per heavy atom. The topological polar surface area (TPSA) is 49.3 Å². The minimum absolute atomic E-state index is 0.270. The Morgan fingerprint density at radius 3 is 2.77 bits per heavy atom. The lowest BCUT2D eigenvalue weighted by atomic mass is 9.94. The molecule has 0 radical (unpaired) electrons. The summed E-state index contributed by atoms with van der Waals surface area (Å²) >= 11 is 0. The zero-order valence-corrected chi connectivity index (χ0v) is 7.83. The molecule has 1 aliphatic carbocycles. The van der Waals surface area contributed by atoms with Gasteiger partial charge >= 0.3 is 5.97 Å². The minimum atomic E-state index is -0.673. The Labute approximate surface area is 78.5 Å². The first kappa shape index (κ1) is 9.00. The van der Waals surface area contributed by atoms with Gasteiger partial charge in [-0.15, -0.1) is 0 Å². The first-order chi connectivity index (χ1) is 6.27.